The SMILES string of the molecule is COC(=O)c1ccc(Nc2ccc(C(=O)N3CCCC(C)C3)cn2)cc1. The van der Waals surface area contributed by atoms with Crippen LogP contribution in [0.1, 0.15) is 40.5 Å². The molecule has 1 aromatic heterocycles. The average Bonchev–Trinajstić information content (AvgIpc) is 2.68. The molecular weight excluding hydrogens is 330 g/mol. The van der Waals surface area contributed by atoms with Crippen molar-refractivity contribution in [3.63, 3.8) is 0 Å². The van der Waals surface area contributed by atoms with Crippen molar-refractivity contribution < 1.29 is 14.3 Å². The Labute approximate surface area is 153 Å². The number of amides is 1. The molecule has 1 unspecified atom stereocenters. The van der Waals surface area contributed by atoms with Gasteiger partial charge < -0.3 is 15.0 Å². The number of nitrogens with zero attached hydrogens (tertiary/aromatic N) is 2. The molecule has 0 saturated carbocycles. The fourth-order valence-corrected chi connectivity index (χ4v) is 3.11. The number of rotatable bonds is 4. The monoisotopic (exact) mass is 353 g/mol. The number of carbonyl (C=O) groups excluding carboxylic acids is 2. The number of piperidine rings is 1. The zero-order valence-electron chi connectivity index (χ0n) is 15.1. The Morgan fingerprint density at radius 1 is 1.15 bits per heavy atom. The first-order chi connectivity index (χ1) is 12.6. The number of hydrogen-bond donors (Lipinski definition) is 1. The molecule has 136 valence electrons. The molecule has 6 nitrogen and oxygen atoms in total. The summed E-state index contributed by atoms with van der Waals surface area (Å²) in [6.45, 7) is 3.80. The van der Waals surface area contributed by atoms with E-state index in [9.17, 15) is 9.59 Å². The molecule has 1 fully saturated rings. The van der Waals surface area contributed by atoms with E-state index in [-0.39, 0.29) is 11.9 Å². The Kier molecular flexibility index (Phi) is 5.51. The second-order valence-corrected chi connectivity index (χ2v) is 6.62. The van der Waals surface area contributed by atoms with Crippen LogP contribution in [0.15, 0.2) is 42.6 Å². The molecule has 1 aromatic carbocycles. The van der Waals surface area contributed by atoms with Gasteiger partial charge >= 0.3 is 5.97 Å². The number of nitrogens with one attached hydrogen (secondary N) is 1. The van der Waals surface area contributed by atoms with Gasteiger partial charge in [0.1, 0.15) is 5.82 Å². The van der Waals surface area contributed by atoms with Gasteiger partial charge in [0, 0.05) is 25.0 Å². The summed E-state index contributed by atoms with van der Waals surface area (Å²) in [6.07, 6.45) is 3.84. The molecule has 0 bridgehead atoms. The Hall–Kier alpha value is -2.89. The molecule has 1 aliphatic heterocycles. The van der Waals surface area contributed by atoms with E-state index < -0.39 is 0 Å². The fraction of sp³-hybridized carbons (Fsp3) is 0.350. The van der Waals surface area contributed by atoms with Crippen LogP contribution in [0, 0.1) is 5.92 Å². The second kappa shape index (κ2) is 7.99. The normalized spacial score (nSPS) is 16.8. The quantitative estimate of drug-likeness (QED) is 0.852. The van der Waals surface area contributed by atoms with Crippen LogP contribution in [-0.2, 0) is 4.74 Å². The van der Waals surface area contributed by atoms with E-state index >= 15 is 0 Å². The van der Waals surface area contributed by atoms with Gasteiger partial charge in [0.05, 0.1) is 18.2 Å². The first kappa shape index (κ1) is 17.9. The van der Waals surface area contributed by atoms with Crippen LogP contribution < -0.4 is 5.32 Å². The molecule has 1 amide bonds. The van der Waals surface area contributed by atoms with Crippen molar-refractivity contribution in [1.29, 1.82) is 0 Å². The van der Waals surface area contributed by atoms with E-state index in [4.69, 9.17) is 0 Å². The van der Waals surface area contributed by atoms with Crippen molar-refractivity contribution in [2.45, 2.75) is 19.8 Å². The third-order valence-electron chi connectivity index (χ3n) is 4.53. The third-order valence-corrected chi connectivity index (χ3v) is 4.53. The number of benzene rings is 1. The Balaban J connectivity index is 1.64. The van der Waals surface area contributed by atoms with Crippen LogP contribution in [0.25, 0.3) is 0 Å². The zero-order chi connectivity index (χ0) is 18.5. The Bertz CT molecular complexity index is 772. The van der Waals surface area contributed by atoms with Crippen molar-refractivity contribution in [3.8, 4) is 0 Å². The first-order valence-corrected chi connectivity index (χ1v) is 8.77. The molecule has 0 aliphatic carbocycles. The zero-order valence-corrected chi connectivity index (χ0v) is 15.1. The van der Waals surface area contributed by atoms with E-state index in [1.54, 1.807) is 42.6 Å². The smallest absolute Gasteiger partial charge is 0.337 e. The molecule has 1 N–H and O–H groups in total. The van der Waals surface area contributed by atoms with Gasteiger partial charge in [0.25, 0.3) is 5.91 Å². The summed E-state index contributed by atoms with van der Waals surface area (Å²) in [5, 5.41) is 3.15. The number of methoxy groups -OCH3 is 1. The summed E-state index contributed by atoms with van der Waals surface area (Å²) in [5.74, 6) is 0.858. The van der Waals surface area contributed by atoms with Crippen LogP contribution in [0.4, 0.5) is 11.5 Å². The molecule has 6 heteroatoms. The van der Waals surface area contributed by atoms with E-state index in [1.165, 1.54) is 13.5 Å². The third kappa shape index (κ3) is 4.20. The summed E-state index contributed by atoms with van der Waals surface area (Å²) in [4.78, 5) is 30.2. The van der Waals surface area contributed by atoms with Gasteiger partial charge in [-0.25, -0.2) is 9.78 Å². The minimum atomic E-state index is -0.371. The van der Waals surface area contributed by atoms with Crippen molar-refractivity contribution in [2.75, 3.05) is 25.5 Å². The van der Waals surface area contributed by atoms with Gasteiger partial charge in [-0.2, -0.15) is 0 Å². The molecular formula is C20H23N3O3. The topological polar surface area (TPSA) is 71.5 Å². The number of pyridine rings is 1. The largest absolute Gasteiger partial charge is 0.465 e. The van der Waals surface area contributed by atoms with Gasteiger partial charge in [0.15, 0.2) is 0 Å². The van der Waals surface area contributed by atoms with Gasteiger partial charge in [-0.3, -0.25) is 4.79 Å². The fourth-order valence-electron chi connectivity index (χ4n) is 3.11. The van der Waals surface area contributed by atoms with Crippen LogP contribution in [0.3, 0.4) is 0 Å². The van der Waals surface area contributed by atoms with Gasteiger partial charge in [-0.05, 0) is 55.2 Å². The predicted molar refractivity (Wildman–Crippen MR) is 99.6 cm³/mol. The molecule has 3 rings (SSSR count). The highest BCUT2D eigenvalue weighted by Gasteiger charge is 2.22. The van der Waals surface area contributed by atoms with E-state index in [1.807, 2.05) is 4.90 Å². The molecule has 1 atom stereocenters. The van der Waals surface area contributed by atoms with Crippen molar-refractivity contribution in [3.05, 3.63) is 53.7 Å². The number of esters is 1. The summed E-state index contributed by atoms with van der Waals surface area (Å²) in [7, 11) is 1.35. The van der Waals surface area contributed by atoms with Crippen LogP contribution >= 0.6 is 0 Å². The number of hydrogen-bond acceptors (Lipinski definition) is 5. The summed E-state index contributed by atoms with van der Waals surface area (Å²) in [5.41, 5.74) is 1.89. The van der Waals surface area contributed by atoms with E-state index in [2.05, 4.69) is 22.0 Å². The second-order valence-electron chi connectivity index (χ2n) is 6.62. The highest BCUT2D eigenvalue weighted by atomic mass is 16.5. The number of aromatic nitrogens is 1. The van der Waals surface area contributed by atoms with Crippen molar-refractivity contribution in [1.82, 2.24) is 9.88 Å². The lowest BCUT2D eigenvalue weighted by Gasteiger charge is -2.30. The Morgan fingerprint density at radius 2 is 1.88 bits per heavy atom. The molecule has 2 aromatic rings. The van der Waals surface area contributed by atoms with E-state index in [0.717, 1.165) is 25.2 Å². The number of ether oxygens (including phenoxy) is 1. The minimum Gasteiger partial charge on any atom is -0.465 e. The maximum atomic E-state index is 12.6. The average molecular weight is 353 g/mol. The Morgan fingerprint density at radius 3 is 2.50 bits per heavy atom. The lowest BCUT2D eigenvalue weighted by atomic mass is 10.00. The standard InChI is InChI=1S/C20H23N3O3/c1-14-4-3-11-23(13-14)19(24)16-7-10-18(21-12-16)22-17-8-5-15(6-9-17)20(25)26-2/h5-10,12,14H,3-4,11,13H2,1-2H3,(H,21,22). The van der Waals surface area contributed by atoms with Gasteiger partial charge in [0.2, 0.25) is 0 Å². The van der Waals surface area contributed by atoms with Crippen LogP contribution in [-0.4, -0.2) is 42.0 Å². The number of likely N-dealkylation sites (tertiary alicyclic amines) is 1. The molecule has 2 heterocycles. The molecule has 0 radical (unpaired) electrons. The maximum Gasteiger partial charge on any atom is 0.337 e. The lowest BCUT2D eigenvalue weighted by Crippen LogP contribution is -2.39. The van der Waals surface area contributed by atoms with Gasteiger partial charge in [-0.1, -0.05) is 6.92 Å². The maximum absolute atomic E-state index is 12.6. The number of carbonyl (C=O) groups is 2. The summed E-state index contributed by atoms with van der Waals surface area (Å²) in [6, 6.07) is 10.5. The summed E-state index contributed by atoms with van der Waals surface area (Å²) >= 11 is 0. The minimum absolute atomic E-state index is 0.0398. The van der Waals surface area contributed by atoms with Crippen molar-refractivity contribution >= 4 is 23.4 Å². The van der Waals surface area contributed by atoms with Gasteiger partial charge in [-0.15, -0.1) is 0 Å². The predicted octanol–water partition coefficient (Wildman–Crippen LogP) is 3.48. The first-order valence-electron chi connectivity index (χ1n) is 8.77. The lowest BCUT2D eigenvalue weighted by molar-refractivity contribution is 0.0600. The molecule has 1 aliphatic rings. The highest BCUT2D eigenvalue weighted by molar-refractivity contribution is 5.94. The van der Waals surface area contributed by atoms with Crippen LogP contribution in [0.2, 0.25) is 0 Å². The van der Waals surface area contributed by atoms with Crippen LogP contribution in [0.5, 0.6) is 0 Å². The van der Waals surface area contributed by atoms with Crippen molar-refractivity contribution in [2.24, 2.45) is 5.92 Å². The molecule has 1 saturated heterocycles. The summed E-state index contributed by atoms with van der Waals surface area (Å²) < 4.78 is 4.68. The number of anilines is 2. The highest BCUT2D eigenvalue weighted by Crippen LogP contribution is 2.19. The van der Waals surface area contributed by atoms with E-state index in [0.29, 0.717) is 22.9 Å². The molecule has 0 spiro atoms. The molecule has 26 heavy (non-hydrogen) atoms.